The summed E-state index contributed by atoms with van der Waals surface area (Å²) in [6.45, 7) is 10.5. The Bertz CT molecular complexity index is 982. The quantitative estimate of drug-likeness (QED) is 0.798. The van der Waals surface area contributed by atoms with Crippen molar-refractivity contribution in [2.45, 2.75) is 45.7 Å². The largest absolute Gasteiger partial charge is 0.328 e. The molecule has 0 aromatic carbocycles. The molecule has 8 nitrogen and oxygen atoms in total. The Morgan fingerprint density at radius 2 is 2.00 bits per heavy atom. The fourth-order valence-corrected chi connectivity index (χ4v) is 5.41. The molecule has 3 aliphatic rings. The SMILES string of the molecule is CC1CC(CN2CCN(Cc3ccn4ncc(N5CCC(=O)NC5=O)c4c3)C[C@@H]2C)C1. The Morgan fingerprint density at radius 1 is 1.16 bits per heavy atom. The van der Waals surface area contributed by atoms with Crippen LogP contribution in [0.4, 0.5) is 10.5 Å². The lowest BCUT2D eigenvalue weighted by Crippen LogP contribution is -2.53. The molecule has 5 rings (SSSR count). The number of piperazine rings is 1. The van der Waals surface area contributed by atoms with E-state index in [4.69, 9.17) is 0 Å². The number of urea groups is 1. The lowest BCUT2D eigenvalue weighted by Gasteiger charge is -2.44. The number of nitrogens with zero attached hydrogens (tertiary/aromatic N) is 5. The van der Waals surface area contributed by atoms with E-state index in [2.05, 4.69) is 46.2 Å². The smallest absolute Gasteiger partial charge is 0.298 e. The third-order valence-corrected chi connectivity index (χ3v) is 7.13. The summed E-state index contributed by atoms with van der Waals surface area (Å²) in [7, 11) is 0. The van der Waals surface area contributed by atoms with Crippen LogP contribution in [0.25, 0.3) is 5.52 Å². The molecule has 8 heteroatoms. The summed E-state index contributed by atoms with van der Waals surface area (Å²) in [5.41, 5.74) is 2.86. The first kappa shape index (κ1) is 20.5. The molecule has 1 N–H and O–H groups in total. The third kappa shape index (κ3) is 4.19. The Kier molecular flexibility index (Phi) is 5.44. The Morgan fingerprint density at radius 3 is 2.74 bits per heavy atom. The Labute approximate surface area is 183 Å². The maximum atomic E-state index is 12.3. The number of carbonyl (C=O) groups excluding carboxylic acids is 2. The second-order valence-corrected chi connectivity index (χ2v) is 9.67. The monoisotopic (exact) mass is 424 g/mol. The van der Waals surface area contributed by atoms with E-state index in [1.165, 1.54) is 24.9 Å². The molecule has 1 atom stereocenters. The Hall–Kier alpha value is -2.45. The van der Waals surface area contributed by atoms with Crippen LogP contribution in [0.5, 0.6) is 0 Å². The van der Waals surface area contributed by atoms with Crippen molar-refractivity contribution in [2.24, 2.45) is 11.8 Å². The number of hydrogen-bond acceptors (Lipinski definition) is 5. The minimum absolute atomic E-state index is 0.224. The van der Waals surface area contributed by atoms with Gasteiger partial charge in [-0.25, -0.2) is 9.31 Å². The highest BCUT2D eigenvalue weighted by Crippen LogP contribution is 2.34. The summed E-state index contributed by atoms with van der Waals surface area (Å²) < 4.78 is 1.79. The van der Waals surface area contributed by atoms with E-state index in [0.29, 0.717) is 19.0 Å². The summed E-state index contributed by atoms with van der Waals surface area (Å²) in [6.07, 6.45) is 6.76. The number of nitrogens with one attached hydrogen (secondary N) is 1. The van der Waals surface area contributed by atoms with Gasteiger partial charge in [-0.3, -0.25) is 24.8 Å². The zero-order valence-corrected chi connectivity index (χ0v) is 18.5. The average Bonchev–Trinajstić information content (AvgIpc) is 3.12. The lowest BCUT2D eigenvalue weighted by atomic mass is 9.76. The molecule has 3 fully saturated rings. The first-order chi connectivity index (χ1) is 15.0. The third-order valence-electron chi connectivity index (χ3n) is 7.13. The number of fused-ring (bicyclic) bond motifs is 1. The van der Waals surface area contributed by atoms with Crippen molar-refractivity contribution in [3.8, 4) is 0 Å². The fourth-order valence-electron chi connectivity index (χ4n) is 5.41. The van der Waals surface area contributed by atoms with Crippen molar-refractivity contribution in [3.63, 3.8) is 0 Å². The molecule has 1 aliphatic carbocycles. The number of carbonyl (C=O) groups is 2. The van der Waals surface area contributed by atoms with Gasteiger partial charge in [0.25, 0.3) is 0 Å². The molecule has 2 aromatic heterocycles. The number of hydrogen-bond donors (Lipinski definition) is 1. The van der Waals surface area contributed by atoms with E-state index in [-0.39, 0.29) is 11.9 Å². The van der Waals surface area contributed by atoms with Crippen LogP contribution in [0.1, 0.15) is 38.7 Å². The topological polar surface area (TPSA) is 73.2 Å². The van der Waals surface area contributed by atoms with E-state index >= 15 is 0 Å². The molecule has 4 heterocycles. The van der Waals surface area contributed by atoms with Crippen molar-refractivity contribution >= 4 is 23.1 Å². The fraction of sp³-hybridized carbons (Fsp3) is 0.609. The van der Waals surface area contributed by atoms with Crippen LogP contribution >= 0.6 is 0 Å². The molecule has 0 unspecified atom stereocenters. The van der Waals surface area contributed by atoms with Gasteiger partial charge < -0.3 is 0 Å². The van der Waals surface area contributed by atoms with Crippen molar-refractivity contribution < 1.29 is 9.59 Å². The van der Waals surface area contributed by atoms with E-state index < -0.39 is 0 Å². The van der Waals surface area contributed by atoms with Crippen molar-refractivity contribution in [1.29, 1.82) is 0 Å². The summed E-state index contributed by atoms with van der Waals surface area (Å²) in [6, 6.07) is 4.44. The summed E-state index contributed by atoms with van der Waals surface area (Å²) in [5.74, 6) is 1.59. The maximum absolute atomic E-state index is 12.3. The second kappa shape index (κ2) is 8.24. The number of amides is 3. The van der Waals surface area contributed by atoms with E-state index in [1.807, 2.05) is 6.20 Å². The van der Waals surface area contributed by atoms with Crippen LogP contribution in [0.3, 0.4) is 0 Å². The van der Waals surface area contributed by atoms with Gasteiger partial charge in [-0.2, -0.15) is 5.10 Å². The minimum atomic E-state index is -0.373. The van der Waals surface area contributed by atoms with Gasteiger partial charge in [0.2, 0.25) is 5.91 Å². The number of imide groups is 1. The number of pyridine rings is 1. The summed E-state index contributed by atoms with van der Waals surface area (Å²) in [4.78, 5) is 30.6. The first-order valence-electron chi connectivity index (χ1n) is 11.5. The molecule has 0 bridgehead atoms. The molecule has 31 heavy (non-hydrogen) atoms. The lowest BCUT2D eigenvalue weighted by molar-refractivity contribution is -0.120. The molecule has 0 radical (unpaired) electrons. The molecular weight excluding hydrogens is 392 g/mol. The van der Waals surface area contributed by atoms with Crippen molar-refractivity contribution in [1.82, 2.24) is 24.7 Å². The van der Waals surface area contributed by atoms with E-state index in [0.717, 1.165) is 49.2 Å². The molecular formula is C23H32N6O2. The van der Waals surface area contributed by atoms with Crippen molar-refractivity contribution in [3.05, 3.63) is 30.1 Å². The number of rotatable bonds is 5. The molecule has 3 amide bonds. The molecule has 0 spiro atoms. The summed E-state index contributed by atoms with van der Waals surface area (Å²) in [5, 5.41) is 6.79. The predicted molar refractivity (Wildman–Crippen MR) is 119 cm³/mol. The van der Waals surface area contributed by atoms with Gasteiger partial charge >= 0.3 is 6.03 Å². The minimum Gasteiger partial charge on any atom is -0.298 e. The van der Waals surface area contributed by atoms with Gasteiger partial charge in [-0.15, -0.1) is 0 Å². The van der Waals surface area contributed by atoms with Crippen LogP contribution < -0.4 is 10.2 Å². The van der Waals surface area contributed by atoms with Crippen LogP contribution in [-0.4, -0.2) is 70.1 Å². The van der Waals surface area contributed by atoms with Crippen molar-refractivity contribution in [2.75, 3.05) is 37.6 Å². The van der Waals surface area contributed by atoms with Gasteiger partial charge in [0.05, 0.1) is 17.4 Å². The van der Waals surface area contributed by atoms with Gasteiger partial charge in [0, 0.05) is 57.9 Å². The van der Waals surface area contributed by atoms with Crippen LogP contribution in [-0.2, 0) is 11.3 Å². The standard InChI is InChI=1S/C23H32N6O2/c1-16-9-19(10-16)15-27-8-7-26(13-17(27)2)14-18-3-6-29-20(11-18)21(12-24-29)28-5-4-22(30)25-23(28)31/h3,6,11-12,16-17,19H,4-5,7-10,13-15H2,1-2H3,(H,25,30,31)/t16?,17-,19?/m0/s1. The molecule has 2 saturated heterocycles. The highest BCUT2D eigenvalue weighted by Gasteiger charge is 2.31. The molecule has 2 aliphatic heterocycles. The van der Waals surface area contributed by atoms with Gasteiger partial charge in [-0.1, -0.05) is 6.92 Å². The molecule has 1 saturated carbocycles. The first-order valence-corrected chi connectivity index (χ1v) is 11.5. The van der Waals surface area contributed by atoms with Gasteiger partial charge in [0.15, 0.2) is 0 Å². The maximum Gasteiger partial charge on any atom is 0.328 e. The van der Waals surface area contributed by atoms with Crippen LogP contribution in [0.15, 0.2) is 24.5 Å². The second-order valence-electron chi connectivity index (χ2n) is 9.67. The highest BCUT2D eigenvalue weighted by atomic mass is 16.2. The number of anilines is 1. The molecule has 2 aromatic rings. The van der Waals surface area contributed by atoms with Crippen LogP contribution in [0, 0.1) is 11.8 Å². The predicted octanol–water partition coefficient (Wildman–Crippen LogP) is 2.33. The summed E-state index contributed by atoms with van der Waals surface area (Å²) >= 11 is 0. The van der Waals surface area contributed by atoms with Gasteiger partial charge in [0.1, 0.15) is 0 Å². The van der Waals surface area contributed by atoms with Gasteiger partial charge in [-0.05, 0) is 49.3 Å². The molecule has 166 valence electrons. The van der Waals surface area contributed by atoms with E-state index in [1.54, 1.807) is 15.6 Å². The zero-order valence-electron chi connectivity index (χ0n) is 18.5. The number of aromatic nitrogens is 2. The normalized spacial score (nSPS) is 28.1. The van der Waals surface area contributed by atoms with Crippen LogP contribution in [0.2, 0.25) is 0 Å². The highest BCUT2D eigenvalue weighted by molar-refractivity contribution is 6.07. The van der Waals surface area contributed by atoms with E-state index in [9.17, 15) is 9.59 Å². The average molecular weight is 425 g/mol. The Balaban J connectivity index is 1.25. The zero-order chi connectivity index (χ0) is 21.5.